The van der Waals surface area contributed by atoms with Gasteiger partial charge in [0.05, 0.1) is 45.2 Å². The van der Waals surface area contributed by atoms with Crippen molar-refractivity contribution in [1.82, 2.24) is 9.88 Å². The molecular weight excluding hydrogens is 492 g/mol. The predicted molar refractivity (Wildman–Crippen MR) is 136 cm³/mol. The molecule has 2 aliphatic rings. The molecule has 2 aliphatic heterocycles. The standard InChI is InChI=1S/C28H26N2O8/c1-34-21-13-17(14-22(35-2)27(21)36-3)24-23(25(31)16-7-8-19-20(12-16)38-11-10-37-19)26(32)28(33)30(24)15-18-6-4-5-9-29-18/h4-9,12-14,24,31H,10-11,15H2,1-3H3/b25-23+. The van der Waals surface area contributed by atoms with Crippen molar-refractivity contribution in [2.75, 3.05) is 34.5 Å². The number of fused-ring (bicyclic) bond motifs is 1. The van der Waals surface area contributed by atoms with E-state index in [0.717, 1.165) is 0 Å². The number of benzene rings is 2. The van der Waals surface area contributed by atoms with Crippen molar-refractivity contribution in [2.24, 2.45) is 0 Å². The van der Waals surface area contributed by atoms with Crippen LogP contribution >= 0.6 is 0 Å². The van der Waals surface area contributed by atoms with Crippen LogP contribution in [0.25, 0.3) is 5.76 Å². The van der Waals surface area contributed by atoms with Crippen LogP contribution in [0.3, 0.4) is 0 Å². The minimum Gasteiger partial charge on any atom is -0.507 e. The fourth-order valence-electron chi connectivity index (χ4n) is 4.66. The lowest BCUT2D eigenvalue weighted by molar-refractivity contribution is -0.140. The molecule has 1 saturated heterocycles. The van der Waals surface area contributed by atoms with Crippen LogP contribution in [0.4, 0.5) is 0 Å². The monoisotopic (exact) mass is 518 g/mol. The van der Waals surface area contributed by atoms with Crippen molar-refractivity contribution in [3.05, 3.63) is 77.1 Å². The third-order valence-corrected chi connectivity index (χ3v) is 6.42. The molecule has 10 heteroatoms. The van der Waals surface area contributed by atoms with Gasteiger partial charge in [-0.25, -0.2) is 0 Å². The number of ether oxygens (including phenoxy) is 5. The number of hydrogen-bond donors (Lipinski definition) is 1. The lowest BCUT2D eigenvalue weighted by Gasteiger charge is -2.26. The van der Waals surface area contributed by atoms with Gasteiger partial charge in [0.1, 0.15) is 19.0 Å². The van der Waals surface area contributed by atoms with Crippen molar-refractivity contribution in [3.63, 3.8) is 0 Å². The molecule has 1 aromatic heterocycles. The van der Waals surface area contributed by atoms with E-state index in [0.29, 0.717) is 58.8 Å². The Morgan fingerprint density at radius 1 is 0.974 bits per heavy atom. The Balaban J connectivity index is 1.70. The Hall–Kier alpha value is -4.73. The van der Waals surface area contributed by atoms with E-state index in [9.17, 15) is 14.7 Å². The smallest absolute Gasteiger partial charge is 0.296 e. The molecular formula is C28H26N2O8. The van der Waals surface area contributed by atoms with Gasteiger partial charge in [-0.05, 0) is 48.0 Å². The zero-order valence-corrected chi connectivity index (χ0v) is 21.1. The summed E-state index contributed by atoms with van der Waals surface area (Å²) in [6.45, 7) is 0.805. The number of hydrogen-bond acceptors (Lipinski definition) is 9. The molecule has 0 bridgehead atoms. The Bertz CT molecular complexity index is 1390. The molecule has 38 heavy (non-hydrogen) atoms. The first-order valence-corrected chi connectivity index (χ1v) is 11.8. The van der Waals surface area contributed by atoms with E-state index in [2.05, 4.69) is 4.98 Å². The van der Waals surface area contributed by atoms with Crippen LogP contribution in [0.5, 0.6) is 28.7 Å². The average molecular weight is 519 g/mol. The summed E-state index contributed by atoms with van der Waals surface area (Å²) in [6, 6.07) is 12.5. The number of likely N-dealkylation sites (tertiary alicyclic amines) is 1. The van der Waals surface area contributed by atoms with Crippen LogP contribution < -0.4 is 23.7 Å². The largest absolute Gasteiger partial charge is 0.507 e. The number of carbonyl (C=O) groups is 2. The average Bonchev–Trinajstić information content (AvgIpc) is 3.21. The number of ketones is 1. The normalized spacial score (nSPS) is 17.9. The maximum atomic E-state index is 13.5. The fourth-order valence-corrected chi connectivity index (χ4v) is 4.66. The molecule has 1 atom stereocenters. The first kappa shape index (κ1) is 24.9. The lowest BCUT2D eigenvalue weighted by atomic mass is 9.94. The number of nitrogens with zero attached hydrogens (tertiary/aromatic N) is 2. The highest BCUT2D eigenvalue weighted by Crippen LogP contribution is 2.46. The summed E-state index contributed by atoms with van der Waals surface area (Å²) in [7, 11) is 4.43. The molecule has 3 aromatic rings. The maximum Gasteiger partial charge on any atom is 0.296 e. The van der Waals surface area contributed by atoms with Gasteiger partial charge in [0, 0.05) is 11.8 Å². The molecule has 10 nitrogen and oxygen atoms in total. The Morgan fingerprint density at radius 2 is 1.68 bits per heavy atom. The third-order valence-electron chi connectivity index (χ3n) is 6.42. The highest BCUT2D eigenvalue weighted by molar-refractivity contribution is 6.46. The van der Waals surface area contributed by atoms with Crippen LogP contribution in [0.15, 0.2) is 60.3 Å². The van der Waals surface area contributed by atoms with Crippen molar-refractivity contribution in [1.29, 1.82) is 0 Å². The molecule has 3 heterocycles. The van der Waals surface area contributed by atoms with E-state index < -0.39 is 17.7 Å². The SMILES string of the molecule is COc1cc(C2/C(=C(\O)c3ccc4c(c3)OCCO4)C(=O)C(=O)N2Cc2ccccn2)cc(OC)c1OC. The summed E-state index contributed by atoms with van der Waals surface area (Å²) in [5.74, 6) is 0.0570. The van der Waals surface area contributed by atoms with Gasteiger partial charge in [0.15, 0.2) is 23.0 Å². The molecule has 0 saturated carbocycles. The molecule has 1 fully saturated rings. The van der Waals surface area contributed by atoms with Gasteiger partial charge in [-0.2, -0.15) is 0 Å². The summed E-state index contributed by atoms with van der Waals surface area (Å²) in [4.78, 5) is 32.5. The van der Waals surface area contributed by atoms with Gasteiger partial charge in [-0.3, -0.25) is 14.6 Å². The van der Waals surface area contributed by atoms with E-state index in [1.807, 2.05) is 0 Å². The van der Waals surface area contributed by atoms with Gasteiger partial charge in [0.2, 0.25) is 5.75 Å². The highest BCUT2D eigenvalue weighted by Gasteiger charge is 2.47. The molecule has 2 aromatic carbocycles. The number of carbonyl (C=O) groups excluding carboxylic acids is 2. The predicted octanol–water partition coefficient (Wildman–Crippen LogP) is 3.50. The highest BCUT2D eigenvalue weighted by atomic mass is 16.6. The molecule has 0 aliphatic carbocycles. The topological polar surface area (TPSA) is 117 Å². The summed E-state index contributed by atoms with van der Waals surface area (Å²) in [5, 5.41) is 11.5. The first-order chi connectivity index (χ1) is 18.5. The number of methoxy groups -OCH3 is 3. The summed E-state index contributed by atoms with van der Waals surface area (Å²) >= 11 is 0. The van der Waals surface area contributed by atoms with E-state index in [4.69, 9.17) is 23.7 Å². The van der Waals surface area contributed by atoms with Gasteiger partial charge >= 0.3 is 0 Å². The van der Waals surface area contributed by atoms with Gasteiger partial charge in [-0.15, -0.1) is 0 Å². The number of aliphatic hydroxyl groups excluding tert-OH is 1. The number of aromatic nitrogens is 1. The number of amides is 1. The molecule has 196 valence electrons. The minimum absolute atomic E-state index is 0.0324. The molecule has 0 radical (unpaired) electrons. The minimum atomic E-state index is -0.973. The van der Waals surface area contributed by atoms with Gasteiger partial charge in [-0.1, -0.05) is 6.07 Å². The summed E-state index contributed by atoms with van der Waals surface area (Å²) in [5.41, 5.74) is 1.28. The summed E-state index contributed by atoms with van der Waals surface area (Å²) in [6.07, 6.45) is 1.61. The van der Waals surface area contributed by atoms with Crippen molar-refractivity contribution in [2.45, 2.75) is 12.6 Å². The Labute approximate surface area is 219 Å². The Kier molecular flexibility index (Phi) is 6.78. The second-order valence-electron chi connectivity index (χ2n) is 8.57. The first-order valence-electron chi connectivity index (χ1n) is 11.8. The number of pyridine rings is 1. The number of rotatable bonds is 7. The zero-order valence-electron chi connectivity index (χ0n) is 21.1. The fraction of sp³-hybridized carbons (Fsp3) is 0.250. The van der Waals surface area contributed by atoms with Crippen molar-refractivity contribution < 1.29 is 38.4 Å². The molecule has 5 rings (SSSR count). The van der Waals surface area contributed by atoms with E-state index in [1.54, 1.807) is 54.7 Å². The second-order valence-corrected chi connectivity index (χ2v) is 8.57. The van der Waals surface area contributed by atoms with Gasteiger partial charge < -0.3 is 33.7 Å². The van der Waals surface area contributed by atoms with Crippen molar-refractivity contribution in [3.8, 4) is 28.7 Å². The van der Waals surface area contributed by atoms with Crippen molar-refractivity contribution >= 4 is 17.4 Å². The second kappa shape index (κ2) is 10.3. The zero-order chi connectivity index (χ0) is 26.8. The molecule has 1 amide bonds. The number of Topliss-reactive ketones (excluding diaryl/α,β-unsaturated/α-hetero) is 1. The van der Waals surface area contributed by atoms with Crippen LogP contribution in [-0.2, 0) is 16.1 Å². The Morgan fingerprint density at radius 3 is 2.32 bits per heavy atom. The van der Waals surface area contributed by atoms with Gasteiger partial charge in [0.25, 0.3) is 11.7 Å². The van der Waals surface area contributed by atoms with Crippen LogP contribution in [0.2, 0.25) is 0 Å². The molecule has 1 N–H and O–H groups in total. The quantitative estimate of drug-likeness (QED) is 0.285. The summed E-state index contributed by atoms with van der Waals surface area (Å²) < 4.78 is 27.7. The van der Waals surface area contributed by atoms with Crippen LogP contribution in [0, 0.1) is 0 Å². The molecule has 1 unspecified atom stereocenters. The third kappa shape index (κ3) is 4.34. The van der Waals surface area contributed by atoms with Crippen LogP contribution in [-0.4, -0.2) is 61.2 Å². The lowest BCUT2D eigenvalue weighted by Crippen LogP contribution is -2.29. The van der Waals surface area contributed by atoms with E-state index in [-0.39, 0.29) is 17.9 Å². The molecule has 0 spiro atoms. The van der Waals surface area contributed by atoms with E-state index in [1.165, 1.54) is 26.2 Å². The maximum absolute atomic E-state index is 13.5. The number of aliphatic hydroxyl groups is 1. The van der Waals surface area contributed by atoms with Crippen LogP contribution in [0.1, 0.15) is 22.9 Å². The van der Waals surface area contributed by atoms with E-state index >= 15 is 0 Å².